The van der Waals surface area contributed by atoms with E-state index in [4.69, 9.17) is 5.14 Å². The summed E-state index contributed by atoms with van der Waals surface area (Å²) in [5.74, 6) is -2.86. The van der Waals surface area contributed by atoms with Gasteiger partial charge in [0.25, 0.3) is 5.91 Å². The molecule has 0 fully saturated rings. The molecule has 0 spiro atoms. The third kappa shape index (κ3) is 5.75. The number of halogens is 2. The van der Waals surface area contributed by atoms with E-state index < -0.39 is 45.9 Å². The van der Waals surface area contributed by atoms with Crippen molar-refractivity contribution in [3.8, 4) is 6.07 Å². The maximum absolute atomic E-state index is 15.0. The molecule has 2 rings (SSSR count). The van der Waals surface area contributed by atoms with E-state index >= 15 is 0 Å². The Morgan fingerprint density at radius 1 is 1.39 bits per heavy atom. The first-order chi connectivity index (χ1) is 14.3. The van der Waals surface area contributed by atoms with E-state index in [0.717, 1.165) is 16.9 Å². The summed E-state index contributed by atoms with van der Waals surface area (Å²) in [5.41, 5.74) is -0.408. The highest BCUT2D eigenvalue weighted by Crippen LogP contribution is 2.44. The van der Waals surface area contributed by atoms with Crippen LogP contribution in [0.5, 0.6) is 0 Å². The second-order valence-corrected chi connectivity index (χ2v) is 11.4. The van der Waals surface area contributed by atoms with Crippen molar-refractivity contribution in [2.45, 2.75) is 57.8 Å². The van der Waals surface area contributed by atoms with E-state index in [-0.39, 0.29) is 28.0 Å². The van der Waals surface area contributed by atoms with Crippen molar-refractivity contribution in [1.82, 2.24) is 0 Å². The predicted octanol–water partition coefficient (Wildman–Crippen LogP) is 5.30. The average molecular weight is 470 g/mol. The van der Waals surface area contributed by atoms with Crippen molar-refractivity contribution in [2.24, 2.45) is 33.2 Å². The first kappa shape index (κ1) is 25.5. The molecule has 5 nitrogen and oxygen atoms in total. The number of hydrogen-bond acceptors (Lipinski definition) is 4. The average Bonchev–Trinajstić information content (AvgIpc) is 3.03. The van der Waals surface area contributed by atoms with E-state index in [1.807, 2.05) is 33.8 Å². The summed E-state index contributed by atoms with van der Waals surface area (Å²) in [5, 5.41) is 25.4. The number of nitriles is 1. The quantitative estimate of drug-likeness (QED) is 0.591. The Labute approximate surface area is 188 Å². The van der Waals surface area contributed by atoms with Crippen LogP contribution in [0.15, 0.2) is 37.7 Å². The van der Waals surface area contributed by atoms with Gasteiger partial charge in [-0.3, -0.25) is 9.93 Å². The minimum Gasteiger partial charge on any atom is -0.385 e. The smallest absolute Gasteiger partial charge is 0.253 e. The van der Waals surface area contributed by atoms with Gasteiger partial charge in [-0.2, -0.15) is 9.62 Å². The highest BCUT2D eigenvalue weighted by molar-refractivity contribution is 7.87. The molecule has 0 bridgehead atoms. The monoisotopic (exact) mass is 469 g/mol. The van der Waals surface area contributed by atoms with Crippen molar-refractivity contribution < 1.29 is 18.7 Å². The summed E-state index contributed by atoms with van der Waals surface area (Å²) in [6.45, 7) is 10.6. The van der Waals surface area contributed by atoms with Gasteiger partial charge in [-0.15, -0.1) is 11.3 Å². The maximum Gasteiger partial charge on any atom is 0.253 e. The number of amides is 1. The van der Waals surface area contributed by atoms with Gasteiger partial charge in [0, 0.05) is 28.1 Å². The molecular formula is C22H29F2N3O2S2. The van der Waals surface area contributed by atoms with Crippen molar-refractivity contribution in [2.75, 3.05) is 0 Å². The molecule has 31 heavy (non-hydrogen) atoms. The van der Waals surface area contributed by atoms with Gasteiger partial charge in [0.05, 0.1) is 11.2 Å². The molecule has 9 heteroatoms. The number of allylic oxidation sites excluding steroid dienone is 4. The molecule has 1 aliphatic carbocycles. The lowest BCUT2D eigenvalue weighted by Gasteiger charge is -2.35. The number of thiophene rings is 1. The zero-order valence-corrected chi connectivity index (χ0v) is 20.2. The number of rotatable bonds is 6. The van der Waals surface area contributed by atoms with Gasteiger partial charge in [0.15, 0.2) is 0 Å². The Bertz CT molecular complexity index is 995. The maximum atomic E-state index is 15.0. The van der Waals surface area contributed by atoms with Crippen molar-refractivity contribution in [3.63, 3.8) is 0 Å². The van der Waals surface area contributed by atoms with Crippen molar-refractivity contribution in [1.29, 1.82) is 5.26 Å². The standard InChI is InChI=1S/C22H29F2N3O2S2/c1-11(2)14-7-13(10-25)20(24)19(12(3)4)15(14)8-18(28)27-31(26)21-16(23)9-17(30-21)22(5,6)29/h7,9,11-12,15,19,29H,8H2,1-6H3,(H2,26,27,28). The molecule has 0 saturated heterocycles. The largest absolute Gasteiger partial charge is 0.385 e. The van der Waals surface area contributed by atoms with Crippen molar-refractivity contribution >= 4 is 28.1 Å². The molecule has 3 unspecified atom stereocenters. The van der Waals surface area contributed by atoms with E-state index in [1.165, 1.54) is 26.0 Å². The fourth-order valence-corrected chi connectivity index (χ4v) is 5.89. The van der Waals surface area contributed by atoms with E-state index in [2.05, 4.69) is 4.36 Å². The zero-order valence-electron chi connectivity index (χ0n) is 18.6. The summed E-state index contributed by atoms with van der Waals surface area (Å²) >= 11 is 0.979. The van der Waals surface area contributed by atoms with Gasteiger partial charge in [-0.1, -0.05) is 33.3 Å². The fraction of sp³-hybridized carbons (Fsp3) is 0.545. The van der Waals surface area contributed by atoms with Crippen LogP contribution in [0.3, 0.4) is 0 Å². The molecule has 170 valence electrons. The molecule has 1 heterocycles. The third-order valence-corrected chi connectivity index (χ3v) is 8.23. The van der Waals surface area contributed by atoms with Crippen LogP contribution in [0.25, 0.3) is 0 Å². The van der Waals surface area contributed by atoms with Crippen LogP contribution in [0.2, 0.25) is 0 Å². The topological polar surface area (TPSA) is 99.5 Å². The van der Waals surface area contributed by atoms with Crippen LogP contribution in [-0.4, -0.2) is 11.0 Å². The lowest BCUT2D eigenvalue weighted by atomic mass is 9.69. The number of hydrogen-bond donors (Lipinski definition) is 2. The minimum absolute atomic E-state index is 0.00131. The molecule has 1 aliphatic rings. The molecule has 0 radical (unpaired) electrons. The van der Waals surface area contributed by atoms with Gasteiger partial charge in [0.1, 0.15) is 21.9 Å². The van der Waals surface area contributed by atoms with Crippen LogP contribution in [-0.2, 0) is 21.3 Å². The Hall–Kier alpha value is -1.73. The Morgan fingerprint density at radius 3 is 2.45 bits per heavy atom. The lowest BCUT2D eigenvalue weighted by Crippen LogP contribution is -2.30. The summed E-state index contributed by atoms with van der Waals surface area (Å²) in [6.07, 6.45) is 1.46. The number of aliphatic hydroxyl groups is 1. The van der Waals surface area contributed by atoms with Gasteiger partial charge in [-0.05, 0) is 43.7 Å². The SMILES string of the molecule is CC(C)C1=CC(C#N)=C(F)C(C(C)C)C1CC(=O)N=S(N)c1sc(C(C)(C)O)cc1F. The van der Waals surface area contributed by atoms with Gasteiger partial charge in [0.2, 0.25) is 0 Å². The normalized spacial score (nSPS) is 20.9. The Morgan fingerprint density at radius 2 is 2.00 bits per heavy atom. The summed E-state index contributed by atoms with van der Waals surface area (Å²) < 4.78 is 33.4. The number of carbonyl (C=O) groups is 1. The molecule has 3 N–H and O–H groups in total. The number of nitrogens with zero attached hydrogens (tertiary/aromatic N) is 2. The zero-order chi connectivity index (χ0) is 23.7. The number of carbonyl (C=O) groups excluding carboxylic acids is 1. The first-order valence-electron chi connectivity index (χ1n) is 10.0. The summed E-state index contributed by atoms with van der Waals surface area (Å²) in [7, 11) is -1.52. The molecule has 3 atom stereocenters. The minimum atomic E-state index is -1.52. The van der Waals surface area contributed by atoms with Crippen LogP contribution in [0.1, 0.15) is 52.8 Å². The number of nitrogens with two attached hydrogens (primary N) is 1. The molecule has 1 amide bonds. The highest BCUT2D eigenvalue weighted by Gasteiger charge is 2.38. The molecular weight excluding hydrogens is 440 g/mol. The second kappa shape index (κ2) is 9.82. The Kier molecular flexibility index (Phi) is 8.09. The molecule has 0 saturated carbocycles. The van der Waals surface area contributed by atoms with Crippen LogP contribution < -0.4 is 5.14 Å². The summed E-state index contributed by atoms with van der Waals surface area (Å²) in [6, 6.07) is 3.11. The van der Waals surface area contributed by atoms with Crippen molar-refractivity contribution in [3.05, 3.63) is 39.8 Å². The molecule has 1 aromatic heterocycles. The lowest BCUT2D eigenvalue weighted by molar-refractivity contribution is -0.118. The third-order valence-electron chi connectivity index (χ3n) is 5.27. The summed E-state index contributed by atoms with van der Waals surface area (Å²) in [4.78, 5) is 13.2. The van der Waals surface area contributed by atoms with Gasteiger partial charge < -0.3 is 5.11 Å². The van der Waals surface area contributed by atoms with Crippen LogP contribution >= 0.6 is 11.3 Å². The van der Waals surface area contributed by atoms with E-state index in [1.54, 1.807) is 0 Å². The van der Waals surface area contributed by atoms with E-state index in [0.29, 0.717) is 4.88 Å². The van der Waals surface area contributed by atoms with Gasteiger partial charge >= 0.3 is 0 Å². The van der Waals surface area contributed by atoms with E-state index in [9.17, 15) is 23.9 Å². The fourth-order valence-electron chi connectivity index (χ4n) is 3.76. The first-order valence-corrected chi connectivity index (χ1v) is 12.1. The van der Waals surface area contributed by atoms with Gasteiger partial charge in [-0.25, -0.2) is 8.78 Å². The highest BCUT2D eigenvalue weighted by atomic mass is 32.2. The second-order valence-electron chi connectivity index (χ2n) is 8.86. The van der Waals surface area contributed by atoms with Crippen LogP contribution in [0.4, 0.5) is 8.78 Å². The molecule has 0 aromatic carbocycles. The molecule has 0 aliphatic heterocycles. The molecule has 1 aromatic rings. The Balaban J connectivity index is 2.37. The predicted molar refractivity (Wildman–Crippen MR) is 120 cm³/mol. The van der Waals surface area contributed by atoms with Crippen LogP contribution in [0, 0.1) is 40.8 Å².